The van der Waals surface area contributed by atoms with Gasteiger partial charge in [0.1, 0.15) is 0 Å². The number of hydrogen-bond acceptors (Lipinski definition) is 2. The summed E-state index contributed by atoms with van der Waals surface area (Å²) in [5.74, 6) is -0.0445. The number of aromatic nitrogens is 1. The van der Waals surface area contributed by atoms with E-state index < -0.39 is 0 Å². The summed E-state index contributed by atoms with van der Waals surface area (Å²) in [6.45, 7) is 6.57. The van der Waals surface area contributed by atoms with E-state index in [1.165, 1.54) is 5.56 Å². The van der Waals surface area contributed by atoms with E-state index in [4.69, 9.17) is 4.98 Å². The van der Waals surface area contributed by atoms with Gasteiger partial charge in [-0.15, -0.1) is 0 Å². The van der Waals surface area contributed by atoms with E-state index in [0.717, 1.165) is 27.7 Å². The molecule has 1 heterocycles. The van der Waals surface area contributed by atoms with Crippen molar-refractivity contribution in [2.75, 3.05) is 6.54 Å². The van der Waals surface area contributed by atoms with Crippen molar-refractivity contribution in [1.82, 2.24) is 10.3 Å². The second kappa shape index (κ2) is 6.21. The SMILES string of the molecule is CCNC(=O)c1c(C)c(-c2ccc(C)cc2)nc2ccccc12. The average molecular weight is 304 g/mol. The first-order valence-corrected chi connectivity index (χ1v) is 7.86. The van der Waals surface area contributed by atoms with Gasteiger partial charge in [-0.05, 0) is 32.4 Å². The molecular formula is C20H20N2O. The third-order valence-corrected chi connectivity index (χ3v) is 4.03. The summed E-state index contributed by atoms with van der Waals surface area (Å²) in [6.07, 6.45) is 0. The third kappa shape index (κ3) is 2.82. The van der Waals surface area contributed by atoms with E-state index in [-0.39, 0.29) is 5.91 Å². The first-order valence-electron chi connectivity index (χ1n) is 7.86. The fourth-order valence-corrected chi connectivity index (χ4v) is 2.84. The van der Waals surface area contributed by atoms with Crippen LogP contribution in [0.15, 0.2) is 48.5 Å². The molecule has 23 heavy (non-hydrogen) atoms. The zero-order valence-corrected chi connectivity index (χ0v) is 13.7. The van der Waals surface area contributed by atoms with Gasteiger partial charge in [0.15, 0.2) is 0 Å². The van der Waals surface area contributed by atoms with Crippen LogP contribution in [0.2, 0.25) is 0 Å². The van der Waals surface area contributed by atoms with Crippen LogP contribution in [0.3, 0.4) is 0 Å². The summed E-state index contributed by atoms with van der Waals surface area (Å²) >= 11 is 0. The second-order valence-corrected chi connectivity index (χ2v) is 5.70. The molecule has 0 bridgehead atoms. The number of para-hydroxylation sites is 1. The molecule has 3 nitrogen and oxygen atoms in total. The molecule has 0 atom stereocenters. The number of benzene rings is 2. The molecule has 116 valence electrons. The number of aryl methyl sites for hydroxylation is 1. The van der Waals surface area contributed by atoms with Crippen LogP contribution < -0.4 is 5.32 Å². The van der Waals surface area contributed by atoms with Crippen LogP contribution in [0.1, 0.15) is 28.4 Å². The highest BCUT2D eigenvalue weighted by Gasteiger charge is 2.18. The zero-order valence-electron chi connectivity index (χ0n) is 13.7. The van der Waals surface area contributed by atoms with Gasteiger partial charge in [-0.2, -0.15) is 0 Å². The Bertz CT molecular complexity index is 867. The van der Waals surface area contributed by atoms with E-state index in [9.17, 15) is 4.79 Å². The van der Waals surface area contributed by atoms with E-state index in [2.05, 4.69) is 36.5 Å². The minimum Gasteiger partial charge on any atom is -0.352 e. The second-order valence-electron chi connectivity index (χ2n) is 5.70. The quantitative estimate of drug-likeness (QED) is 0.785. The van der Waals surface area contributed by atoms with E-state index >= 15 is 0 Å². The molecule has 2 aromatic carbocycles. The van der Waals surface area contributed by atoms with E-state index in [1.54, 1.807) is 0 Å². The van der Waals surface area contributed by atoms with Crippen molar-refractivity contribution in [2.45, 2.75) is 20.8 Å². The molecule has 1 N–H and O–H groups in total. The van der Waals surface area contributed by atoms with E-state index in [1.807, 2.05) is 38.1 Å². The van der Waals surface area contributed by atoms with Crippen molar-refractivity contribution >= 4 is 16.8 Å². The number of fused-ring (bicyclic) bond motifs is 1. The maximum absolute atomic E-state index is 12.6. The van der Waals surface area contributed by atoms with Crippen LogP contribution in [0.4, 0.5) is 0 Å². The van der Waals surface area contributed by atoms with Crippen LogP contribution >= 0.6 is 0 Å². The summed E-state index contributed by atoms with van der Waals surface area (Å²) in [6, 6.07) is 16.0. The van der Waals surface area contributed by atoms with Gasteiger partial charge in [-0.25, -0.2) is 4.98 Å². The fraction of sp³-hybridized carbons (Fsp3) is 0.200. The van der Waals surface area contributed by atoms with Crippen molar-refractivity contribution in [3.8, 4) is 11.3 Å². The number of nitrogens with one attached hydrogen (secondary N) is 1. The van der Waals surface area contributed by atoms with Crippen molar-refractivity contribution in [3.05, 3.63) is 65.2 Å². The first kappa shape index (κ1) is 15.2. The summed E-state index contributed by atoms with van der Waals surface area (Å²) in [7, 11) is 0. The molecule has 0 aliphatic carbocycles. The smallest absolute Gasteiger partial charge is 0.252 e. The molecule has 3 aromatic rings. The van der Waals surface area contributed by atoms with Gasteiger partial charge in [0.2, 0.25) is 0 Å². The molecule has 1 aromatic heterocycles. The number of carbonyl (C=O) groups is 1. The van der Waals surface area contributed by atoms with Gasteiger partial charge in [-0.1, -0.05) is 48.0 Å². The number of carbonyl (C=O) groups excluding carboxylic acids is 1. The van der Waals surface area contributed by atoms with Crippen molar-refractivity contribution < 1.29 is 4.79 Å². The van der Waals surface area contributed by atoms with Gasteiger partial charge < -0.3 is 5.32 Å². The predicted octanol–water partition coefficient (Wildman–Crippen LogP) is 4.27. The lowest BCUT2D eigenvalue weighted by atomic mass is 9.97. The van der Waals surface area contributed by atoms with Crippen LogP contribution in [-0.4, -0.2) is 17.4 Å². The standard InChI is InChI=1S/C20H20N2O/c1-4-21-20(23)18-14(3)19(15-11-9-13(2)10-12-15)22-17-8-6-5-7-16(17)18/h5-12H,4H2,1-3H3,(H,21,23). The lowest BCUT2D eigenvalue weighted by molar-refractivity contribution is 0.0957. The van der Waals surface area contributed by atoms with Crippen LogP contribution in [0.25, 0.3) is 22.2 Å². The Hall–Kier alpha value is -2.68. The number of pyridine rings is 1. The highest BCUT2D eigenvalue weighted by molar-refractivity contribution is 6.08. The van der Waals surface area contributed by atoms with Crippen molar-refractivity contribution in [1.29, 1.82) is 0 Å². The summed E-state index contributed by atoms with van der Waals surface area (Å²) in [5, 5.41) is 3.81. The number of hydrogen-bond donors (Lipinski definition) is 1. The number of nitrogens with zero attached hydrogens (tertiary/aromatic N) is 1. The van der Waals surface area contributed by atoms with E-state index in [0.29, 0.717) is 12.1 Å². The van der Waals surface area contributed by atoms with Gasteiger partial charge in [-0.3, -0.25) is 4.79 Å². The third-order valence-electron chi connectivity index (χ3n) is 4.03. The van der Waals surface area contributed by atoms with Crippen molar-refractivity contribution in [2.24, 2.45) is 0 Å². The number of rotatable bonds is 3. The Labute approximate surface area is 136 Å². The molecular weight excluding hydrogens is 284 g/mol. The monoisotopic (exact) mass is 304 g/mol. The highest BCUT2D eigenvalue weighted by atomic mass is 16.1. The molecule has 3 rings (SSSR count). The molecule has 0 saturated heterocycles. The van der Waals surface area contributed by atoms with Gasteiger partial charge in [0.25, 0.3) is 5.91 Å². The van der Waals surface area contributed by atoms with Crippen LogP contribution in [0, 0.1) is 13.8 Å². The minimum absolute atomic E-state index is 0.0445. The Morgan fingerprint density at radius 2 is 1.74 bits per heavy atom. The molecule has 0 aliphatic heterocycles. The zero-order chi connectivity index (χ0) is 16.4. The lowest BCUT2D eigenvalue weighted by Crippen LogP contribution is -2.24. The molecule has 0 radical (unpaired) electrons. The minimum atomic E-state index is -0.0445. The number of amides is 1. The van der Waals surface area contributed by atoms with Gasteiger partial charge in [0.05, 0.1) is 16.8 Å². The lowest BCUT2D eigenvalue weighted by Gasteiger charge is -2.14. The Balaban J connectivity index is 2.29. The Kier molecular flexibility index (Phi) is 4.11. The normalized spacial score (nSPS) is 10.7. The summed E-state index contributed by atoms with van der Waals surface area (Å²) in [5.41, 5.74) is 5.58. The molecule has 0 aliphatic rings. The molecule has 0 unspecified atom stereocenters. The van der Waals surface area contributed by atoms with Crippen molar-refractivity contribution in [3.63, 3.8) is 0 Å². The fourth-order valence-electron chi connectivity index (χ4n) is 2.84. The Morgan fingerprint density at radius 1 is 1.04 bits per heavy atom. The average Bonchev–Trinajstić information content (AvgIpc) is 2.55. The first-order chi connectivity index (χ1) is 11.1. The van der Waals surface area contributed by atoms with Crippen LogP contribution in [-0.2, 0) is 0 Å². The topological polar surface area (TPSA) is 42.0 Å². The molecule has 0 saturated carbocycles. The summed E-state index contributed by atoms with van der Waals surface area (Å²) in [4.78, 5) is 17.4. The maximum atomic E-state index is 12.6. The van der Waals surface area contributed by atoms with Crippen LogP contribution in [0.5, 0.6) is 0 Å². The molecule has 3 heteroatoms. The Morgan fingerprint density at radius 3 is 2.43 bits per heavy atom. The maximum Gasteiger partial charge on any atom is 0.252 e. The predicted molar refractivity (Wildman–Crippen MR) is 94.7 cm³/mol. The van der Waals surface area contributed by atoms with Gasteiger partial charge >= 0.3 is 0 Å². The highest BCUT2D eigenvalue weighted by Crippen LogP contribution is 2.29. The largest absolute Gasteiger partial charge is 0.352 e. The molecule has 0 spiro atoms. The molecule has 1 amide bonds. The molecule has 0 fully saturated rings. The van der Waals surface area contributed by atoms with Gasteiger partial charge in [0, 0.05) is 17.5 Å². The summed E-state index contributed by atoms with van der Waals surface area (Å²) < 4.78 is 0.